The van der Waals surface area contributed by atoms with Crippen molar-refractivity contribution in [2.75, 3.05) is 25.6 Å². The molecule has 90 valence electrons. The van der Waals surface area contributed by atoms with Crippen LogP contribution in [-0.2, 0) is 4.74 Å². The van der Waals surface area contributed by atoms with Crippen LogP contribution in [0.25, 0.3) is 0 Å². The van der Waals surface area contributed by atoms with E-state index in [0.717, 1.165) is 4.47 Å². The summed E-state index contributed by atoms with van der Waals surface area (Å²) in [6.07, 6.45) is 1.67. The smallest absolute Gasteiger partial charge is 0.233 e. The van der Waals surface area contributed by atoms with Gasteiger partial charge in [0.25, 0.3) is 0 Å². The first-order valence-corrected chi connectivity index (χ1v) is 5.87. The fraction of sp³-hybridized carbons (Fsp3) is 0.600. The fourth-order valence-corrected chi connectivity index (χ4v) is 1.57. The van der Waals surface area contributed by atoms with Gasteiger partial charge in [-0.1, -0.05) is 0 Å². The van der Waals surface area contributed by atoms with E-state index in [0.29, 0.717) is 24.9 Å². The zero-order valence-electron chi connectivity index (χ0n) is 9.66. The Labute approximate surface area is 104 Å². The molecule has 0 aliphatic rings. The number of halogens is 1. The highest BCUT2D eigenvalue weighted by Gasteiger charge is 2.08. The monoisotopic (exact) mass is 289 g/mol. The summed E-state index contributed by atoms with van der Waals surface area (Å²) in [5.41, 5.74) is 0. The van der Waals surface area contributed by atoms with E-state index in [1.165, 1.54) is 6.33 Å². The lowest BCUT2D eigenvalue weighted by Crippen LogP contribution is -2.12. The SMILES string of the molecule is CNc1ncnc(OCCOC(C)C)c1Br. The lowest BCUT2D eigenvalue weighted by molar-refractivity contribution is 0.0540. The van der Waals surface area contributed by atoms with Crippen LogP contribution in [0.3, 0.4) is 0 Å². The van der Waals surface area contributed by atoms with E-state index in [4.69, 9.17) is 9.47 Å². The van der Waals surface area contributed by atoms with Gasteiger partial charge in [0.15, 0.2) is 0 Å². The molecule has 1 aromatic heterocycles. The second-order valence-corrected chi connectivity index (χ2v) is 4.15. The van der Waals surface area contributed by atoms with Crippen molar-refractivity contribution < 1.29 is 9.47 Å². The van der Waals surface area contributed by atoms with Crippen LogP contribution in [0.2, 0.25) is 0 Å². The predicted octanol–water partition coefficient (Wildman–Crippen LogP) is 2.08. The Morgan fingerprint density at radius 3 is 2.75 bits per heavy atom. The third-order valence-corrected chi connectivity index (χ3v) is 2.48. The number of anilines is 1. The molecule has 1 heterocycles. The van der Waals surface area contributed by atoms with Crippen LogP contribution in [0.1, 0.15) is 13.8 Å². The van der Waals surface area contributed by atoms with Crippen molar-refractivity contribution in [3.05, 3.63) is 10.8 Å². The van der Waals surface area contributed by atoms with Gasteiger partial charge in [-0.3, -0.25) is 0 Å². The summed E-state index contributed by atoms with van der Waals surface area (Å²) in [5, 5.41) is 2.94. The number of aromatic nitrogens is 2. The number of ether oxygens (including phenoxy) is 2. The molecule has 0 unspecified atom stereocenters. The zero-order valence-corrected chi connectivity index (χ0v) is 11.2. The van der Waals surface area contributed by atoms with Gasteiger partial charge in [0.05, 0.1) is 12.7 Å². The average molecular weight is 290 g/mol. The summed E-state index contributed by atoms with van der Waals surface area (Å²) in [5.74, 6) is 1.22. The third-order valence-electron chi connectivity index (χ3n) is 1.77. The first kappa shape index (κ1) is 13.2. The molecular formula is C10H16BrN3O2. The van der Waals surface area contributed by atoms with Crippen LogP contribution in [0.15, 0.2) is 10.8 Å². The van der Waals surface area contributed by atoms with Gasteiger partial charge in [-0.15, -0.1) is 0 Å². The molecule has 1 aromatic rings. The maximum atomic E-state index is 5.47. The maximum absolute atomic E-state index is 5.47. The molecule has 0 fully saturated rings. The Bertz CT molecular complexity index is 334. The Morgan fingerprint density at radius 1 is 1.38 bits per heavy atom. The van der Waals surface area contributed by atoms with Crippen LogP contribution < -0.4 is 10.1 Å². The number of hydrogen-bond acceptors (Lipinski definition) is 5. The van der Waals surface area contributed by atoms with E-state index < -0.39 is 0 Å². The van der Waals surface area contributed by atoms with Gasteiger partial charge in [0.2, 0.25) is 5.88 Å². The number of rotatable bonds is 6. The van der Waals surface area contributed by atoms with Crippen LogP contribution >= 0.6 is 15.9 Å². The summed E-state index contributed by atoms with van der Waals surface area (Å²) in [4.78, 5) is 8.06. The number of hydrogen-bond donors (Lipinski definition) is 1. The van der Waals surface area contributed by atoms with Gasteiger partial charge in [-0.2, -0.15) is 0 Å². The quantitative estimate of drug-likeness (QED) is 0.813. The van der Waals surface area contributed by atoms with E-state index in [9.17, 15) is 0 Å². The van der Waals surface area contributed by atoms with Crippen LogP contribution in [0.5, 0.6) is 5.88 Å². The van der Waals surface area contributed by atoms with Gasteiger partial charge in [-0.05, 0) is 29.8 Å². The first-order valence-electron chi connectivity index (χ1n) is 5.07. The first-order chi connectivity index (χ1) is 7.65. The van der Waals surface area contributed by atoms with E-state index >= 15 is 0 Å². The molecule has 0 saturated heterocycles. The minimum absolute atomic E-state index is 0.213. The Balaban J connectivity index is 2.47. The van der Waals surface area contributed by atoms with E-state index in [-0.39, 0.29) is 6.10 Å². The zero-order chi connectivity index (χ0) is 12.0. The molecule has 0 radical (unpaired) electrons. The van der Waals surface area contributed by atoms with Crippen molar-refractivity contribution >= 4 is 21.7 Å². The second kappa shape index (κ2) is 6.65. The van der Waals surface area contributed by atoms with E-state index in [1.807, 2.05) is 13.8 Å². The summed E-state index contributed by atoms with van der Waals surface area (Å²) in [7, 11) is 1.79. The lowest BCUT2D eigenvalue weighted by Gasteiger charge is -2.10. The van der Waals surface area contributed by atoms with E-state index in [1.54, 1.807) is 7.05 Å². The normalized spacial score (nSPS) is 10.6. The molecule has 0 amide bonds. The highest BCUT2D eigenvalue weighted by molar-refractivity contribution is 9.10. The van der Waals surface area contributed by atoms with Gasteiger partial charge in [0.1, 0.15) is 23.2 Å². The van der Waals surface area contributed by atoms with Gasteiger partial charge in [0, 0.05) is 7.05 Å². The Morgan fingerprint density at radius 2 is 2.12 bits per heavy atom. The van der Waals surface area contributed by atoms with Crippen molar-refractivity contribution in [1.29, 1.82) is 0 Å². The molecule has 6 heteroatoms. The maximum Gasteiger partial charge on any atom is 0.233 e. The third kappa shape index (κ3) is 3.94. The topological polar surface area (TPSA) is 56.3 Å². The predicted molar refractivity (Wildman–Crippen MR) is 65.9 cm³/mol. The van der Waals surface area contributed by atoms with Crippen molar-refractivity contribution in [2.45, 2.75) is 20.0 Å². The molecule has 0 aliphatic heterocycles. The number of nitrogens with one attached hydrogen (secondary N) is 1. The largest absolute Gasteiger partial charge is 0.474 e. The van der Waals surface area contributed by atoms with Gasteiger partial charge < -0.3 is 14.8 Å². The lowest BCUT2D eigenvalue weighted by atomic mass is 10.5. The minimum atomic E-state index is 0.213. The van der Waals surface area contributed by atoms with Crippen molar-refractivity contribution in [1.82, 2.24) is 9.97 Å². The van der Waals surface area contributed by atoms with Gasteiger partial charge >= 0.3 is 0 Å². The molecule has 0 aliphatic carbocycles. The van der Waals surface area contributed by atoms with Crippen LogP contribution in [0.4, 0.5) is 5.82 Å². The summed E-state index contributed by atoms with van der Waals surface area (Å²) >= 11 is 3.37. The second-order valence-electron chi connectivity index (χ2n) is 3.36. The fourth-order valence-electron chi connectivity index (χ4n) is 1.05. The molecule has 0 atom stereocenters. The van der Waals surface area contributed by atoms with Gasteiger partial charge in [-0.25, -0.2) is 9.97 Å². The van der Waals surface area contributed by atoms with Crippen LogP contribution in [0, 0.1) is 0 Å². The summed E-state index contributed by atoms with van der Waals surface area (Å²) in [6.45, 7) is 4.99. The van der Waals surface area contributed by atoms with Crippen molar-refractivity contribution in [3.63, 3.8) is 0 Å². The summed E-state index contributed by atoms with van der Waals surface area (Å²) in [6, 6.07) is 0. The Kier molecular flexibility index (Phi) is 5.48. The molecule has 16 heavy (non-hydrogen) atoms. The molecule has 5 nitrogen and oxygen atoms in total. The van der Waals surface area contributed by atoms with Crippen molar-refractivity contribution in [3.8, 4) is 5.88 Å². The molecule has 0 aromatic carbocycles. The minimum Gasteiger partial charge on any atom is -0.474 e. The Hall–Kier alpha value is -0.880. The van der Waals surface area contributed by atoms with E-state index in [2.05, 4.69) is 31.2 Å². The molecule has 1 N–H and O–H groups in total. The summed E-state index contributed by atoms with van der Waals surface area (Å²) < 4.78 is 11.6. The molecule has 0 spiro atoms. The molecule has 0 bridgehead atoms. The molecule has 1 rings (SSSR count). The standard InChI is InChI=1S/C10H16BrN3O2/c1-7(2)15-4-5-16-10-8(11)9(12-3)13-6-14-10/h6-7H,4-5H2,1-3H3,(H,12,13,14). The molecular weight excluding hydrogens is 274 g/mol. The van der Waals surface area contributed by atoms with Crippen LogP contribution in [-0.4, -0.2) is 36.3 Å². The number of nitrogens with zero attached hydrogens (tertiary/aromatic N) is 2. The highest BCUT2D eigenvalue weighted by Crippen LogP contribution is 2.27. The highest BCUT2D eigenvalue weighted by atomic mass is 79.9. The average Bonchev–Trinajstić information content (AvgIpc) is 2.26. The van der Waals surface area contributed by atoms with Crippen molar-refractivity contribution in [2.24, 2.45) is 0 Å². The molecule has 0 saturated carbocycles.